The van der Waals surface area contributed by atoms with Crippen LogP contribution in [0.25, 0.3) is 0 Å². The quantitative estimate of drug-likeness (QED) is 0.459. The van der Waals surface area contributed by atoms with Gasteiger partial charge in [0.1, 0.15) is 11.4 Å². The zero-order valence-electron chi connectivity index (χ0n) is 23.9. The molecule has 2 fully saturated rings. The van der Waals surface area contributed by atoms with Gasteiger partial charge in [0.15, 0.2) is 5.96 Å². The first kappa shape index (κ1) is 27.2. The van der Waals surface area contributed by atoms with Gasteiger partial charge in [-0.2, -0.15) is 0 Å². The molecule has 8 nitrogen and oxygen atoms in total. The molecule has 208 valence electrons. The van der Waals surface area contributed by atoms with Crippen LogP contribution < -0.4 is 15.4 Å². The van der Waals surface area contributed by atoms with Crippen LogP contribution in [0, 0.1) is 22.7 Å². The standard InChI is InChI=1S/C31H41N5O3/c1-7-31(8-2)17-23(37)36(28(32)35-31)26(19-12-11-15-33-18-19)24-25(30(24,5)6)27(38)34-21-16-29(3,4)39-22-14-10-9-13-20(21)22/h9-15,18,21,24-26H,7-8,16-17H2,1-6H3,(H2,32,35)(H,34,38)/t21-,24?,25?,26?/m0/s1. The summed E-state index contributed by atoms with van der Waals surface area (Å²) in [5, 5.41) is 15.6. The van der Waals surface area contributed by atoms with E-state index in [-0.39, 0.29) is 41.1 Å². The molecule has 1 aliphatic carbocycles. The molecule has 3 aliphatic rings. The lowest BCUT2D eigenvalue weighted by Gasteiger charge is -2.45. The number of aromatic nitrogens is 1. The minimum absolute atomic E-state index is 0.0307. The molecule has 4 atom stereocenters. The Bertz CT molecular complexity index is 1250. The van der Waals surface area contributed by atoms with Gasteiger partial charge in [0.2, 0.25) is 11.8 Å². The molecule has 3 unspecified atom stereocenters. The summed E-state index contributed by atoms with van der Waals surface area (Å²) < 4.78 is 6.17. The first-order valence-corrected chi connectivity index (χ1v) is 14.1. The first-order valence-electron chi connectivity index (χ1n) is 14.1. The molecule has 1 aromatic heterocycles. The molecule has 3 N–H and O–H groups in total. The molecule has 0 bridgehead atoms. The number of carbonyl (C=O) groups is 2. The number of amides is 2. The monoisotopic (exact) mass is 531 g/mol. The second-order valence-corrected chi connectivity index (χ2v) is 12.6. The number of nitrogens with one attached hydrogen (secondary N) is 3. The van der Waals surface area contributed by atoms with Crippen LogP contribution >= 0.6 is 0 Å². The van der Waals surface area contributed by atoms with Crippen molar-refractivity contribution in [2.75, 3.05) is 0 Å². The Morgan fingerprint density at radius 1 is 1.18 bits per heavy atom. The predicted octanol–water partition coefficient (Wildman–Crippen LogP) is 5.13. The molecule has 0 radical (unpaired) electrons. The number of para-hydroxylation sites is 1. The highest BCUT2D eigenvalue weighted by atomic mass is 16.5. The number of benzene rings is 1. The summed E-state index contributed by atoms with van der Waals surface area (Å²) in [4.78, 5) is 33.6. The number of hydrogen-bond acceptors (Lipinski definition) is 5. The minimum Gasteiger partial charge on any atom is -0.487 e. The van der Waals surface area contributed by atoms with E-state index in [1.807, 2.05) is 64.1 Å². The van der Waals surface area contributed by atoms with Gasteiger partial charge in [0, 0.05) is 41.8 Å². The second-order valence-electron chi connectivity index (χ2n) is 12.6. The predicted molar refractivity (Wildman–Crippen MR) is 150 cm³/mol. The number of carbonyl (C=O) groups excluding carboxylic acids is 2. The maximum atomic E-state index is 14.0. The Kier molecular flexibility index (Phi) is 6.72. The molecule has 1 saturated carbocycles. The van der Waals surface area contributed by atoms with Crippen LogP contribution in [0.3, 0.4) is 0 Å². The average Bonchev–Trinajstić information content (AvgIpc) is 3.46. The number of rotatable bonds is 7. The van der Waals surface area contributed by atoms with E-state index in [2.05, 4.69) is 29.5 Å². The van der Waals surface area contributed by atoms with Gasteiger partial charge in [0.05, 0.1) is 18.5 Å². The van der Waals surface area contributed by atoms with Gasteiger partial charge in [-0.05, 0) is 49.8 Å². The Morgan fingerprint density at radius 3 is 2.54 bits per heavy atom. The summed E-state index contributed by atoms with van der Waals surface area (Å²) in [7, 11) is 0. The SMILES string of the molecule is CCC1(CC)CC(=O)N(C(c2cccnc2)C2C(C(=O)N[C@H]3CC(C)(C)Oc4ccccc43)C2(C)C)C(=N)N1. The molecule has 2 aromatic rings. The van der Waals surface area contributed by atoms with Gasteiger partial charge in [-0.3, -0.25) is 24.9 Å². The van der Waals surface area contributed by atoms with Gasteiger partial charge in [-0.15, -0.1) is 0 Å². The third-order valence-corrected chi connectivity index (χ3v) is 9.27. The van der Waals surface area contributed by atoms with Crippen LogP contribution in [0.5, 0.6) is 5.75 Å². The maximum absolute atomic E-state index is 14.0. The number of fused-ring (bicyclic) bond motifs is 1. The van der Waals surface area contributed by atoms with Crippen LogP contribution in [0.1, 0.15) is 90.4 Å². The van der Waals surface area contributed by atoms with Crippen molar-refractivity contribution in [1.82, 2.24) is 20.5 Å². The van der Waals surface area contributed by atoms with Gasteiger partial charge < -0.3 is 15.4 Å². The van der Waals surface area contributed by atoms with Crippen LogP contribution in [-0.4, -0.2) is 38.8 Å². The lowest BCUT2D eigenvalue weighted by molar-refractivity contribution is -0.134. The third kappa shape index (κ3) is 4.79. The van der Waals surface area contributed by atoms with Crippen molar-refractivity contribution in [2.24, 2.45) is 17.3 Å². The van der Waals surface area contributed by atoms with Crippen molar-refractivity contribution in [3.63, 3.8) is 0 Å². The van der Waals surface area contributed by atoms with Gasteiger partial charge in [-0.25, -0.2) is 0 Å². The highest BCUT2D eigenvalue weighted by Crippen LogP contribution is 2.65. The fraction of sp³-hybridized carbons (Fsp3) is 0.548. The molecule has 0 spiro atoms. The topological polar surface area (TPSA) is 107 Å². The smallest absolute Gasteiger partial charge is 0.232 e. The normalized spacial score (nSPS) is 27.0. The third-order valence-electron chi connectivity index (χ3n) is 9.27. The van der Waals surface area contributed by atoms with E-state index < -0.39 is 17.2 Å². The van der Waals surface area contributed by atoms with Crippen LogP contribution in [0.4, 0.5) is 0 Å². The molecule has 8 heteroatoms. The second kappa shape index (κ2) is 9.65. The summed E-state index contributed by atoms with van der Waals surface area (Å²) in [6, 6.07) is 11.0. The molecule has 5 rings (SSSR count). The van der Waals surface area contributed by atoms with E-state index in [1.54, 1.807) is 17.3 Å². The van der Waals surface area contributed by atoms with Crippen molar-refractivity contribution >= 4 is 17.8 Å². The van der Waals surface area contributed by atoms with Crippen LogP contribution in [0.15, 0.2) is 48.8 Å². The Labute approximate surface area is 231 Å². The largest absolute Gasteiger partial charge is 0.487 e. The molecule has 3 heterocycles. The van der Waals surface area contributed by atoms with Gasteiger partial charge >= 0.3 is 0 Å². The number of pyridine rings is 1. The van der Waals surface area contributed by atoms with Crippen molar-refractivity contribution in [3.8, 4) is 5.75 Å². The fourth-order valence-corrected chi connectivity index (χ4v) is 6.85. The van der Waals surface area contributed by atoms with Crippen molar-refractivity contribution < 1.29 is 14.3 Å². The number of guanidine groups is 1. The van der Waals surface area contributed by atoms with Crippen LogP contribution in [-0.2, 0) is 9.59 Å². The highest BCUT2D eigenvalue weighted by Gasteiger charge is 2.67. The first-order chi connectivity index (χ1) is 18.4. The van der Waals surface area contributed by atoms with Crippen molar-refractivity contribution in [3.05, 3.63) is 59.9 Å². The lowest BCUT2D eigenvalue weighted by Crippen LogP contribution is -2.62. The van der Waals surface area contributed by atoms with Gasteiger partial charge in [0.25, 0.3) is 0 Å². The van der Waals surface area contributed by atoms with E-state index in [1.165, 1.54) is 0 Å². The summed E-state index contributed by atoms with van der Waals surface area (Å²) in [6.45, 7) is 12.3. The molecular weight excluding hydrogens is 490 g/mol. The highest BCUT2D eigenvalue weighted by molar-refractivity contribution is 6.00. The number of hydrogen-bond donors (Lipinski definition) is 3. The molecule has 2 aliphatic heterocycles. The zero-order valence-corrected chi connectivity index (χ0v) is 23.9. The van der Waals surface area contributed by atoms with E-state index >= 15 is 0 Å². The van der Waals surface area contributed by atoms with E-state index in [9.17, 15) is 9.59 Å². The van der Waals surface area contributed by atoms with E-state index in [0.717, 1.165) is 29.7 Å². The van der Waals surface area contributed by atoms with Crippen molar-refractivity contribution in [2.45, 2.75) is 90.4 Å². The lowest BCUT2D eigenvalue weighted by atomic mass is 9.85. The Morgan fingerprint density at radius 2 is 1.90 bits per heavy atom. The van der Waals surface area contributed by atoms with E-state index in [0.29, 0.717) is 12.8 Å². The van der Waals surface area contributed by atoms with E-state index in [4.69, 9.17) is 10.1 Å². The summed E-state index contributed by atoms with van der Waals surface area (Å²) >= 11 is 0. The Hall–Kier alpha value is -3.42. The Balaban J connectivity index is 1.45. The fourth-order valence-electron chi connectivity index (χ4n) is 6.85. The summed E-state index contributed by atoms with van der Waals surface area (Å²) in [6.07, 6.45) is 5.95. The maximum Gasteiger partial charge on any atom is 0.232 e. The van der Waals surface area contributed by atoms with Crippen LogP contribution in [0.2, 0.25) is 0 Å². The molecule has 39 heavy (non-hydrogen) atoms. The van der Waals surface area contributed by atoms with Crippen molar-refractivity contribution in [1.29, 1.82) is 5.41 Å². The molecule has 1 saturated heterocycles. The average molecular weight is 532 g/mol. The molecular formula is C31H41N5O3. The molecule has 1 aromatic carbocycles. The summed E-state index contributed by atoms with van der Waals surface area (Å²) in [5.74, 6) is 0.283. The van der Waals surface area contributed by atoms with Gasteiger partial charge in [-0.1, -0.05) is 52.0 Å². The minimum atomic E-state index is -0.470. The number of ether oxygens (including phenoxy) is 1. The number of nitrogens with zero attached hydrogens (tertiary/aromatic N) is 2. The molecule has 2 amide bonds. The summed E-state index contributed by atoms with van der Waals surface area (Å²) in [5.41, 5.74) is 0.619. The zero-order chi connectivity index (χ0) is 28.2.